The van der Waals surface area contributed by atoms with Crippen LogP contribution in [0.25, 0.3) is 0 Å². The summed E-state index contributed by atoms with van der Waals surface area (Å²) in [6.07, 6.45) is 3.55. The second-order valence-electron chi connectivity index (χ2n) is 5.09. The molecule has 1 aromatic rings. The Morgan fingerprint density at radius 1 is 1.42 bits per heavy atom. The summed E-state index contributed by atoms with van der Waals surface area (Å²) in [6.45, 7) is 5.03. The predicted molar refractivity (Wildman–Crippen MR) is 73.4 cm³/mol. The summed E-state index contributed by atoms with van der Waals surface area (Å²) in [6, 6.07) is 0.259. The van der Waals surface area contributed by atoms with Gasteiger partial charge in [0.2, 0.25) is 11.6 Å². The molecule has 0 spiro atoms. The van der Waals surface area contributed by atoms with E-state index in [1.165, 1.54) is 6.33 Å². The summed E-state index contributed by atoms with van der Waals surface area (Å²) in [5.74, 6) is 1.20. The van der Waals surface area contributed by atoms with Crippen LogP contribution >= 0.6 is 0 Å². The highest BCUT2D eigenvalue weighted by Gasteiger charge is 2.32. The van der Waals surface area contributed by atoms with Gasteiger partial charge in [-0.1, -0.05) is 6.92 Å². The predicted octanol–water partition coefficient (Wildman–Crippen LogP) is 2.05. The minimum atomic E-state index is -0.410. The minimum absolute atomic E-state index is 0.0362. The van der Waals surface area contributed by atoms with Crippen LogP contribution in [0.1, 0.15) is 26.7 Å². The molecule has 0 saturated carbocycles. The van der Waals surface area contributed by atoms with Gasteiger partial charge in [0.15, 0.2) is 0 Å². The van der Waals surface area contributed by atoms with Gasteiger partial charge >= 0.3 is 5.69 Å². The molecule has 2 heterocycles. The lowest BCUT2D eigenvalue weighted by Gasteiger charge is -2.37. The van der Waals surface area contributed by atoms with Crippen LogP contribution in [-0.4, -0.2) is 34.5 Å². The van der Waals surface area contributed by atoms with Gasteiger partial charge in [0.05, 0.1) is 4.92 Å². The Morgan fingerprint density at radius 3 is 2.79 bits per heavy atom. The van der Waals surface area contributed by atoms with E-state index < -0.39 is 4.92 Å². The lowest BCUT2D eigenvalue weighted by atomic mass is 9.95. The van der Waals surface area contributed by atoms with Crippen LogP contribution in [0.2, 0.25) is 0 Å². The SMILES string of the molecule is CNc1ncnc(N2CC(C)CCC2C)c1[N+](=O)[O-]. The molecular weight excluding hydrogens is 246 g/mol. The number of aromatic nitrogens is 2. The highest BCUT2D eigenvalue weighted by molar-refractivity contribution is 5.70. The summed E-state index contributed by atoms with van der Waals surface area (Å²) in [5, 5.41) is 14.1. The number of nitrogens with one attached hydrogen (secondary N) is 1. The Bertz CT molecular complexity index is 479. The molecule has 1 aliphatic heterocycles. The summed E-state index contributed by atoms with van der Waals surface area (Å²) in [7, 11) is 1.63. The smallest absolute Gasteiger partial charge is 0.353 e. The zero-order chi connectivity index (χ0) is 14.0. The molecule has 2 unspecified atom stereocenters. The molecule has 0 aliphatic carbocycles. The van der Waals surface area contributed by atoms with Crippen molar-refractivity contribution in [1.82, 2.24) is 9.97 Å². The van der Waals surface area contributed by atoms with E-state index in [9.17, 15) is 10.1 Å². The van der Waals surface area contributed by atoms with Gasteiger partial charge in [0.1, 0.15) is 6.33 Å². The molecule has 2 rings (SSSR count). The largest absolute Gasteiger partial charge is 0.367 e. The number of rotatable bonds is 3. The zero-order valence-corrected chi connectivity index (χ0v) is 11.5. The van der Waals surface area contributed by atoms with E-state index in [4.69, 9.17) is 0 Å². The zero-order valence-electron chi connectivity index (χ0n) is 11.5. The van der Waals surface area contributed by atoms with E-state index in [1.807, 2.05) is 4.90 Å². The van der Waals surface area contributed by atoms with Gasteiger partial charge in [0.25, 0.3) is 0 Å². The number of hydrogen-bond donors (Lipinski definition) is 1. The second kappa shape index (κ2) is 5.38. The van der Waals surface area contributed by atoms with Crippen molar-refractivity contribution in [3.8, 4) is 0 Å². The fourth-order valence-corrected chi connectivity index (χ4v) is 2.51. The van der Waals surface area contributed by atoms with Crippen molar-refractivity contribution in [1.29, 1.82) is 0 Å². The van der Waals surface area contributed by atoms with Gasteiger partial charge in [-0.25, -0.2) is 9.97 Å². The third kappa shape index (κ3) is 2.59. The molecule has 0 amide bonds. The second-order valence-corrected chi connectivity index (χ2v) is 5.09. The van der Waals surface area contributed by atoms with Crippen molar-refractivity contribution in [3.63, 3.8) is 0 Å². The van der Waals surface area contributed by atoms with E-state index >= 15 is 0 Å². The summed E-state index contributed by atoms with van der Waals surface area (Å²) in [4.78, 5) is 21.0. The van der Waals surface area contributed by atoms with Crippen LogP contribution < -0.4 is 10.2 Å². The van der Waals surface area contributed by atoms with E-state index in [0.717, 1.165) is 19.4 Å². The van der Waals surface area contributed by atoms with Gasteiger partial charge in [-0.3, -0.25) is 10.1 Å². The molecule has 1 aliphatic rings. The van der Waals surface area contributed by atoms with Crippen molar-refractivity contribution in [3.05, 3.63) is 16.4 Å². The van der Waals surface area contributed by atoms with E-state index in [0.29, 0.717) is 11.7 Å². The van der Waals surface area contributed by atoms with E-state index in [2.05, 4.69) is 29.1 Å². The topological polar surface area (TPSA) is 84.2 Å². The average molecular weight is 265 g/mol. The number of nitrogens with zero attached hydrogens (tertiary/aromatic N) is 4. The van der Waals surface area contributed by atoms with Gasteiger partial charge in [-0.05, 0) is 25.7 Å². The number of anilines is 2. The highest BCUT2D eigenvalue weighted by atomic mass is 16.6. The molecule has 1 aromatic heterocycles. The van der Waals surface area contributed by atoms with Gasteiger partial charge < -0.3 is 10.2 Å². The van der Waals surface area contributed by atoms with Crippen molar-refractivity contribution in [2.24, 2.45) is 5.92 Å². The fourth-order valence-electron chi connectivity index (χ4n) is 2.51. The van der Waals surface area contributed by atoms with Crippen LogP contribution in [0.5, 0.6) is 0 Å². The van der Waals surface area contributed by atoms with Crippen molar-refractivity contribution >= 4 is 17.3 Å². The molecule has 104 valence electrons. The quantitative estimate of drug-likeness (QED) is 0.665. The van der Waals surface area contributed by atoms with Crippen LogP contribution in [0.4, 0.5) is 17.3 Å². The number of piperidine rings is 1. The molecule has 1 fully saturated rings. The Labute approximate surface area is 112 Å². The maximum atomic E-state index is 11.3. The normalized spacial score (nSPS) is 23.2. The third-order valence-electron chi connectivity index (χ3n) is 3.61. The monoisotopic (exact) mass is 265 g/mol. The van der Waals surface area contributed by atoms with Gasteiger partial charge in [-0.15, -0.1) is 0 Å². The molecule has 0 bridgehead atoms. The third-order valence-corrected chi connectivity index (χ3v) is 3.61. The van der Waals surface area contributed by atoms with Crippen LogP contribution in [0, 0.1) is 16.0 Å². The summed E-state index contributed by atoms with van der Waals surface area (Å²) >= 11 is 0. The van der Waals surface area contributed by atoms with E-state index in [1.54, 1.807) is 7.05 Å². The maximum Gasteiger partial charge on any atom is 0.353 e. The molecule has 1 N–H and O–H groups in total. The summed E-state index contributed by atoms with van der Waals surface area (Å²) in [5.41, 5.74) is -0.0362. The molecule has 7 heteroatoms. The lowest BCUT2D eigenvalue weighted by molar-refractivity contribution is -0.383. The van der Waals surface area contributed by atoms with Gasteiger partial charge in [-0.2, -0.15) is 0 Å². The van der Waals surface area contributed by atoms with Crippen LogP contribution in [0.15, 0.2) is 6.33 Å². The first kappa shape index (κ1) is 13.5. The molecule has 2 atom stereocenters. The van der Waals surface area contributed by atoms with E-state index in [-0.39, 0.29) is 17.5 Å². The first-order valence-corrected chi connectivity index (χ1v) is 6.48. The van der Waals surface area contributed by atoms with Crippen molar-refractivity contribution in [2.75, 3.05) is 23.8 Å². The molecule has 0 aromatic carbocycles. The number of nitro groups is 1. The lowest BCUT2D eigenvalue weighted by Crippen LogP contribution is -2.42. The van der Waals surface area contributed by atoms with Crippen molar-refractivity contribution < 1.29 is 4.92 Å². The standard InChI is InChI=1S/C12H19N5O2/c1-8-4-5-9(2)16(6-8)12-10(17(18)19)11(13-3)14-7-15-12/h7-9H,4-6H2,1-3H3,(H,13,14,15). The molecule has 19 heavy (non-hydrogen) atoms. The number of hydrogen-bond acceptors (Lipinski definition) is 6. The Hall–Kier alpha value is -1.92. The van der Waals surface area contributed by atoms with Crippen LogP contribution in [-0.2, 0) is 0 Å². The minimum Gasteiger partial charge on any atom is -0.367 e. The Kier molecular flexibility index (Phi) is 3.82. The highest BCUT2D eigenvalue weighted by Crippen LogP contribution is 2.35. The first-order valence-electron chi connectivity index (χ1n) is 6.48. The fraction of sp³-hybridized carbons (Fsp3) is 0.667. The summed E-state index contributed by atoms with van der Waals surface area (Å²) < 4.78 is 0. The maximum absolute atomic E-state index is 11.3. The first-order chi connectivity index (χ1) is 9.04. The Morgan fingerprint density at radius 2 is 2.16 bits per heavy atom. The van der Waals surface area contributed by atoms with Gasteiger partial charge in [0, 0.05) is 19.6 Å². The average Bonchev–Trinajstić information content (AvgIpc) is 2.40. The molecule has 7 nitrogen and oxygen atoms in total. The van der Waals surface area contributed by atoms with Crippen molar-refractivity contribution in [2.45, 2.75) is 32.7 Å². The molecular formula is C12H19N5O2. The van der Waals surface area contributed by atoms with Crippen LogP contribution in [0.3, 0.4) is 0 Å². The Balaban J connectivity index is 2.46. The molecule has 1 saturated heterocycles. The molecule has 0 radical (unpaired) electrons.